The molecule has 0 N–H and O–H groups in total. The number of halogens is 1. The highest BCUT2D eigenvalue weighted by Crippen LogP contribution is 2.17. The highest BCUT2D eigenvalue weighted by atomic mass is 79.9. The van der Waals surface area contributed by atoms with E-state index in [1.165, 1.54) is 10.9 Å². The molecule has 0 saturated heterocycles. The fourth-order valence-corrected chi connectivity index (χ4v) is 3.16. The van der Waals surface area contributed by atoms with Crippen LogP contribution in [0.3, 0.4) is 0 Å². The van der Waals surface area contributed by atoms with Gasteiger partial charge in [0, 0.05) is 24.5 Å². The molecule has 1 heterocycles. The van der Waals surface area contributed by atoms with Crippen LogP contribution in [0.4, 0.5) is 0 Å². The summed E-state index contributed by atoms with van der Waals surface area (Å²) in [5.41, 5.74) is 0.475. The maximum Gasteiger partial charge on any atom is 0.261 e. The summed E-state index contributed by atoms with van der Waals surface area (Å²) in [5.74, 6) is 1.41. The molecule has 29 heavy (non-hydrogen) atoms. The molecule has 0 aliphatic carbocycles. The first-order chi connectivity index (χ1) is 14.0. The first-order valence-electron chi connectivity index (χ1n) is 9.13. The van der Waals surface area contributed by atoms with Crippen molar-refractivity contribution in [3.8, 4) is 11.5 Å². The monoisotopic (exact) mass is 459 g/mol. The normalized spacial score (nSPS) is 10.7. The minimum atomic E-state index is -0.158. The van der Waals surface area contributed by atoms with Crippen LogP contribution in [-0.4, -0.2) is 47.7 Å². The molecular weight excluding hydrogens is 438 g/mol. The van der Waals surface area contributed by atoms with Crippen LogP contribution in [0.25, 0.3) is 10.9 Å². The molecule has 8 heteroatoms. The molecule has 152 valence electrons. The first-order valence-corrected chi connectivity index (χ1v) is 9.93. The Morgan fingerprint density at radius 3 is 2.62 bits per heavy atom. The number of methoxy groups -OCH3 is 1. The van der Waals surface area contributed by atoms with E-state index >= 15 is 0 Å². The molecule has 3 rings (SSSR count). The Morgan fingerprint density at radius 1 is 1.17 bits per heavy atom. The van der Waals surface area contributed by atoms with Crippen molar-refractivity contribution in [1.29, 1.82) is 0 Å². The lowest BCUT2D eigenvalue weighted by Gasteiger charge is -2.18. The third-order valence-corrected chi connectivity index (χ3v) is 5.03. The highest BCUT2D eigenvalue weighted by molar-refractivity contribution is 9.10. The van der Waals surface area contributed by atoms with Gasteiger partial charge >= 0.3 is 0 Å². The average molecular weight is 460 g/mol. The Kier molecular flexibility index (Phi) is 6.87. The lowest BCUT2D eigenvalue weighted by molar-refractivity contribution is -0.130. The molecule has 3 aromatic rings. The summed E-state index contributed by atoms with van der Waals surface area (Å²) < 4.78 is 13.0. The molecule has 7 nitrogen and oxygen atoms in total. The zero-order valence-electron chi connectivity index (χ0n) is 16.3. The standard InChI is InChI=1S/C21H22BrN3O4/c1-24(11-12-29-17-6-4-16(28-2)5-7-17)20(26)9-10-25-14-23-19-8-3-15(22)13-18(19)21(25)27/h3-8,13-14H,9-12H2,1-2H3. The van der Waals surface area contributed by atoms with E-state index in [0.717, 1.165) is 10.2 Å². The van der Waals surface area contributed by atoms with E-state index in [1.54, 1.807) is 31.2 Å². The Bertz CT molecular complexity index is 1050. The first kappa shape index (κ1) is 20.9. The number of benzene rings is 2. The van der Waals surface area contributed by atoms with Crippen molar-refractivity contribution in [2.24, 2.45) is 0 Å². The van der Waals surface area contributed by atoms with Gasteiger partial charge in [-0.2, -0.15) is 0 Å². The lowest BCUT2D eigenvalue weighted by atomic mass is 10.2. The molecule has 0 saturated carbocycles. The zero-order chi connectivity index (χ0) is 20.8. The number of carbonyl (C=O) groups is 1. The Balaban J connectivity index is 1.51. The SMILES string of the molecule is COc1ccc(OCCN(C)C(=O)CCn2cnc3ccc(Br)cc3c2=O)cc1. The van der Waals surface area contributed by atoms with Gasteiger partial charge in [-0.25, -0.2) is 4.98 Å². The second kappa shape index (κ2) is 9.56. The molecule has 0 bridgehead atoms. The van der Waals surface area contributed by atoms with E-state index < -0.39 is 0 Å². The quantitative estimate of drug-likeness (QED) is 0.517. The number of rotatable bonds is 8. The van der Waals surface area contributed by atoms with Gasteiger partial charge in [0.25, 0.3) is 5.56 Å². The number of ether oxygens (including phenoxy) is 2. The van der Waals surface area contributed by atoms with Crippen LogP contribution in [0, 0.1) is 0 Å². The molecule has 0 spiro atoms. The molecule has 0 aliphatic rings. The maximum absolute atomic E-state index is 12.6. The number of hydrogen-bond donors (Lipinski definition) is 0. The number of amides is 1. The van der Waals surface area contributed by atoms with Gasteiger partial charge in [-0.3, -0.25) is 14.2 Å². The number of hydrogen-bond acceptors (Lipinski definition) is 5. The molecule has 2 aromatic carbocycles. The molecule has 1 aromatic heterocycles. The van der Waals surface area contributed by atoms with Crippen LogP contribution in [0.1, 0.15) is 6.42 Å². The zero-order valence-corrected chi connectivity index (χ0v) is 17.9. The molecular formula is C21H22BrN3O4. The van der Waals surface area contributed by atoms with Crippen molar-refractivity contribution in [2.45, 2.75) is 13.0 Å². The number of aryl methyl sites for hydroxylation is 1. The molecule has 1 amide bonds. The van der Waals surface area contributed by atoms with Crippen LogP contribution in [-0.2, 0) is 11.3 Å². The second-order valence-corrected chi connectivity index (χ2v) is 7.41. The van der Waals surface area contributed by atoms with Crippen molar-refractivity contribution >= 4 is 32.7 Å². The van der Waals surface area contributed by atoms with Gasteiger partial charge in [-0.15, -0.1) is 0 Å². The lowest BCUT2D eigenvalue weighted by Crippen LogP contribution is -2.32. The molecule has 0 unspecified atom stereocenters. The average Bonchev–Trinajstić information content (AvgIpc) is 2.74. The van der Waals surface area contributed by atoms with Crippen LogP contribution in [0.2, 0.25) is 0 Å². The minimum absolute atomic E-state index is 0.0652. The van der Waals surface area contributed by atoms with E-state index in [4.69, 9.17) is 9.47 Å². The predicted octanol–water partition coefficient (Wildman–Crippen LogP) is 3.10. The molecule has 0 fully saturated rings. The number of aromatic nitrogens is 2. The van der Waals surface area contributed by atoms with E-state index in [9.17, 15) is 9.59 Å². The van der Waals surface area contributed by atoms with Gasteiger partial charge in [0.1, 0.15) is 18.1 Å². The Labute approximate surface area is 177 Å². The van der Waals surface area contributed by atoms with Gasteiger partial charge < -0.3 is 14.4 Å². The Morgan fingerprint density at radius 2 is 1.90 bits per heavy atom. The van der Waals surface area contributed by atoms with Crippen molar-refractivity contribution in [1.82, 2.24) is 14.5 Å². The van der Waals surface area contributed by atoms with Gasteiger partial charge in [-0.1, -0.05) is 15.9 Å². The fourth-order valence-electron chi connectivity index (χ4n) is 2.79. The van der Waals surface area contributed by atoms with E-state index in [2.05, 4.69) is 20.9 Å². The van der Waals surface area contributed by atoms with Gasteiger partial charge in [0.2, 0.25) is 5.91 Å². The van der Waals surface area contributed by atoms with Crippen LogP contribution >= 0.6 is 15.9 Å². The maximum atomic E-state index is 12.6. The van der Waals surface area contributed by atoms with Crippen LogP contribution in [0.15, 0.2) is 58.1 Å². The second-order valence-electron chi connectivity index (χ2n) is 6.49. The van der Waals surface area contributed by atoms with Gasteiger partial charge in [-0.05, 0) is 42.5 Å². The summed E-state index contributed by atoms with van der Waals surface area (Å²) in [6, 6.07) is 12.6. The summed E-state index contributed by atoms with van der Waals surface area (Å²) in [6.07, 6.45) is 1.69. The third kappa shape index (κ3) is 5.35. The van der Waals surface area contributed by atoms with Gasteiger partial charge in [0.15, 0.2) is 0 Å². The number of likely N-dealkylation sites (N-methyl/N-ethyl adjacent to an activating group) is 1. The summed E-state index contributed by atoms with van der Waals surface area (Å²) >= 11 is 3.37. The van der Waals surface area contributed by atoms with Crippen molar-refractivity contribution < 1.29 is 14.3 Å². The molecule has 0 atom stereocenters. The van der Waals surface area contributed by atoms with Crippen LogP contribution < -0.4 is 15.0 Å². The largest absolute Gasteiger partial charge is 0.497 e. The van der Waals surface area contributed by atoms with Crippen molar-refractivity contribution in [3.05, 3.63) is 63.6 Å². The van der Waals surface area contributed by atoms with E-state index in [0.29, 0.717) is 29.8 Å². The number of carbonyl (C=O) groups excluding carboxylic acids is 1. The van der Waals surface area contributed by atoms with E-state index in [1.807, 2.05) is 30.3 Å². The topological polar surface area (TPSA) is 73.7 Å². The fraction of sp³-hybridized carbons (Fsp3) is 0.286. The minimum Gasteiger partial charge on any atom is -0.497 e. The summed E-state index contributed by atoms with van der Waals surface area (Å²) in [7, 11) is 3.33. The Hall–Kier alpha value is -2.87. The third-order valence-electron chi connectivity index (χ3n) is 4.53. The highest BCUT2D eigenvalue weighted by Gasteiger charge is 2.11. The van der Waals surface area contributed by atoms with Crippen molar-refractivity contribution in [3.63, 3.8) is 0 Å². The molecule has 0 aliphatic heterocycles. The number of fused-ring (bicyclic) bond motifs is 1. The smallest absolute Gasteiger partial charge is 0.261 e. The predicted molar refractivity (Wildman–Crippen MR) is 114 cm³/mol. The molecule has 0 radical (unpaired) electrons. The van der Waals surface area contributed by atoms with Crippen LogP contribution in [0.5, 0.6) is 11.5 Å². The number of nitrogens with zero attached hydrogens (tertiary/aromatic N) is 3. The summed E-state index contributed by atoms with van der Waals surface area (Å²) in [6.45, 7) is 1.10. The van der Waals surface area contributed by atoms with Gasteiger partial charge in [0.05, 0.1) is 30.9 Å². The summed E-state index contributed by atoms with van der Waals surface area (Å²) in [5, 5.41) is 0.524. The van der Waals surface area contributed by atoms with Crippen molar-refractivity contribution in [2.75, 3.05) is 27.3 Å². The van der Waals surface area contributed by atoms with E-state index in [-0.39, 0.29) is 24.4 Å². The summed E-state index contributed by atoms with van der Waals surface area (Å²) in [4.78, 5) is 30.9.